The van der Waals surface area contributed by atoms with Gasteiger partial charge in [0.15, 0.2) is 0 Å². The molecule has 2 aromatic carbocycles. The van der Waals surface area contributed by atoms with Gasteiger partial charge in [-0.3, -0.25) is 14.6 Å². The lowest BCUT2D eigenvalue weighted by Gasteiger charge is -2.39. The van der Waals surface area contributed by atoms with Crippen LogP contribution in [0.25, 0.3) is 0 Å². The van der Waals surface area contributed by atoms with Crippen LogP contribution in [0.3, 0.4) is 0 Å². The second-order valence-electron chi connectivity index (χ2n) is 8.17. The van der Waals surface area contributed by atoms with Crippen molar-refractivity contribution in [1.29, 1.82) is 0 Å². The van der Waals surface area contributed by atoms with Gasteiger partial charge >= 0.3 is 0 Å². The average Bonchev–Trinajstić information content (AvgIpc) is 2.84. The Morgan fingerprint density at radius 1 is 0.970 bits per heavy atom. The maximum absolute atomic E-state index is 12.3. The number of carbonyl (C=O) groups excluding carboxylic acids is 1. The third kappa shape index (κ3) is 7.54. The first-order valence-corrected chi connectivity index (χ1v) is 11.8. The van der Waals surface area contributed by atoms with Gasteiger partial charge in [-0.1, -0.05) is 66.2 Å². The molecule has 3 rings (SSSR count). The van der Waals surface area contributed by atoms with Crippen LogP contribution in [0, 0.1) is 0 Å². The largest absolute Gasteiger partial charge is 0.370 e. The van der Waals surface area contributed by atoms with Gasteiger partial charge in [0.25, 0.3) is 0 Å². The standard InChI is InChI=1S/C27H34ClN3O2/c1-3-14-30(15-4-2)26(32)22-33-21-20-29-16-18-31(19-17-29)27(23-8-6-5-7-9-23)24-10-12-25(28)13-11-24/h3-13,27H,1-2,14-22H2. The molecule has 0 spiro atoms. The van der Waals surface area contributed by atoms with E-state index in [1.807, 2.05) is 12.1 Å². The lowest BCUT2D eigenvalue weighted by molar-refractivity contribution is -0.135. The molecule has 0 bridgehead atoms. The summed E-state index contributed by atoms with van der Waals surface area (Å²) in [7, 11) is 0. The molecule has 6 heteroatoms. The van der Waals surface area contributed by atoms with E-state index in [2.05, 4.69) is 65.4 Å². The number of hydrogen-bond donors (Lipinski definition) is 0. The number of benzene rings is 2. The van der Waals surface area contributed by atoms with Gasteiger partial charge in [0.1, 0.15) is 6.61 Å². The summed E-state index contributed by atoms with van der Waals surface area (Å²) in [5.74, 6) is -0.0340. The van der Waals surface area contributed by atoms with Crippen LogP contribution < -0.4 is 0 Å². The summed E-state index contributed by atoms with van der Waals surface area (Å²) in [6.45, 7) is 13.7. The molecule has 33 heavy (non-hydrogen) atoms. The molecular formula is C27H34ClN3O2. The molecule has 1 aliphatic heterocycles. The van der Waals surface area contributed by atoms with E-state index < -0.39 is 0 Å². The molecule has 1 fully saturated rings. The highest BCUT2D eigenvalue weighted by Gasteiger charge is 2.26. The molecule has 1 heterocycles. The summed E-state index contributed by atoms with van der Waals surface area (Å²) in [6.07, 6.45) is 3.43. The monoisotopic (exact) mass is 467 g/mol. The van der Waals surface area contributed by atoms with Crippen LogP contribution in [0.2, 0.25) is 5.02 Å². The van der Waals surface area contributed by atoms with Gasteiger partial charge in [0.2, 0.25) is 5.91 Å². The molecule has 1 amide bonds. The van der Waals surface area contributed by atoms with Gasteiger partial charge in [0.05, 0.1) is 12.6 Å². The first kappa shape index (κ1) is 25.2. The van der Waals surface area contributed by atoms with Gasteiger partial charge in [-0.15, -0.1) is 13.2 Å². The lowest BCUT2D eigenvalue weighted by Crippen LogP contribution is -2.48. The second-order valence-corrected chi connectivity index (χ2v) is 8.61. The quantitative estimate of drug-likeness (QED) is 0.345. The Labute approximate surface area is 202 Å². The predicted molar refractivity (Wildman–Crippen MR) is 136 cm³/mol. The molecule has 1 saturated heterocycles. The van der Waals surface area contributed by atoms with Crippen molar-refractivity contribution in [2.45, 2.75) is 6.04 Å². The fourth-order valence-electron chi connectivity index (χ4n) is 4.17. The van der Waals surface area contributed by atoms with Gasteiger partial charge in [0, 0.05) is 50.8 Å². The number of amides is 1. The van der Waals surface area contributed by atoms with Crippen LogP contribution in [-0.2, 0) is 9.53 Å². The molecule has 176 valence electrons. The predicted octanol–water partition coefficient (Wildman–Crippen LogP) is 4.26. The van der Waals surface area contributed by atoms with E-state index in [4.69, 9.17) is 16.3 Å². The van der Waals surface area contributed by atoms with Crippen LogP contribution in [0.15, 0.2) is 79.9 Å². The molecule has 1 unspecified atom stereocenters. The highest BCUT2D eigenvalue weighted by molar-refractivity contribution is 6.30. The van der Waals surface area contributed by atoms with Crippen LogP contribution in [0.1, 0.15) is 17.2 Å². The van der Waals surface area contributed by atoms with Crippen molar-refractivity contribution >= 4 is 17.5 Å². The topological polar surface area (TPSA) is 36.0 Å². The zero-order chi connectivity index (χ0) is 23.5. The smallest absolute Gasteiger partial charge is 0.249 e. The molecule has 0 radical (unpaired) electrons. The van der Waals surface area contributed by atoms with Crippen LogP contribution in [0.4, 0.5) is 0 Å². The van der Waals surface area contributed by atoms with Crippen LogP contribution in [-0.4, -0.2) is 79.6 Å². The van der Waals surface area contributed by atoms with Gasteiger partial charge < -0.3 is 9.64 Å². The lowest BCUT2D eigenvalue weighted by atomic mass is 9.96. The molecule has 1 atom stereocenters. The third-order valence-electron chi connectivity index (χ3n) is 5.90. The Kier molecular flexibility index (Phi) is 10.2. The molecule has 0 saturated carbocycles. The molecule has 1 aliphatic rings. The van der Waals surface area contributed by atoms with Crippen molar-refractivity contribution in [1.82, 2.24) is 14.7 Å². The SMILES string of the molecule is C=CCN(CC=C)C(=O)COCCN1CCN(C(c2ccccc2)c2ccc(Cl)cc2)CC1. The molecule has 5 nitrogen and oxygen atoms in total. The first-order chi connectivity index (χ1) is 16.1. The van der Waals surface area contributed by atoms with Crippen molar-refractivity contribution in [3.05, 3.63) is 96.1 Å². The summed E-state index contributed by atoms with van der Waals surface area (Å²) in [5.41, 5.74) is 2.54. The summed E-state index contributed by atoms with van der Waals surface area (Å²) in [6, 6.07) is 19.0. The number of nitrogens with zero attached hydrogens (tertiary/aromatic N) is 3. The van der Waals surface area contributed by atoms with Crippen molar-refractivity contribution in [2.24, 2.45) is 0 Å². The zero-order valence-corrected chi connectivity index (χ0v) is 20.0. The number of carbonyl (C=O) groups is 1. The maximum Gasteiger partial charge on any atom is 0.249 e. The van der Waals surface area contributed by atoms with E-state index in [0.29, 0.717) is 19.7 Å². The second kappa shape index (κ2) is 13.3. The van der Waals surface area contributed by atoms with E-state index in [0.717, 1.165) is 37.7 Å². The highest BCUT2D eigenvalue weighted by Crippen LogP contribution is 2.30. The Morgan fingerprint density at radius 2 is 1.58 bits per heavy atom. The van der Waals surface area contributed by atoms with E-state index in [1.54, 1.807) is 17.1 Å². The Bertz CT molecular complexity index is 870. The minimum Gasteiger partial charge on any atom is -0.370 e. The van der Waals surface area contributed by atoms with Crippen molar-refractivity contribution in [3.63, 3.8) is 0 Å². The Balaban J connectivity index is 1.49. The zero-order valence-electron chi connectivity index (χ0n) is 19.2. The number of hydrogen-bond acceptors (Lipinski definition) is 4. The third-order valence-corrected chi connectivity index (χ3v) is 6.15. The summed E-state index contributed by atoms with van der Waals surface area (Å²) in [5, 5.41) is 0.756. The first-order valence-electron chi connectivity index (χ1n) is 11.5. The summed E-state index contributed by atoms with van der Waals surface area (Å²) in [4.78, 5) is 18.9. The summed E-state index contributed by atoms with van der Waals surface area (Å²) >= 11 is 6.13. The summed E-state index contributed by atoms with van der Waals surface area (Å²) < 4.78 is 5.67. The van der Waals surface area contributed by atoms with Crippen molar-refractivity contribution < 1.29 is 9.53 Å². The van der Waals surface area contributed by atoms with E-state index >= 15 is 0 Å². The maximum atomic E-state index is 12.3. The van der Waals surface area contributed by atoms with E-state index in [-0.39, 0.29) is 18.6 Å². The Hall–Kier alpha value is -2.44. The average molecular weight is 468 g/mol. The number of ether oxygens (including phenoxy) is 1. The van der Waals surface area contributed by atoms with E-state index in [9.17, 15) is 4.79 Å². The minimum atomic E-state index is -0.0340. The fourth-order valence-corrected chi connectivity index (χ4v) is 4.30. The van der Waals surface area contributed by atoms with Crippen molar-refractivity contribution in [3.8, 4) is 0 Å². The molecule has 0 aliphatic carbocycles. The molecule has 2 aromatic rings. The van der Waals surface area contributed by atoms with Crippen molar-refractivity contribution in [2.75, 3.05) is 59.0 Å². The van der Waals surface area contributed by atoms with E-state index in [1.165, 1.54) is 11.1 Å². The fraction of sp³-hybridized carbons (Fsp3) is 0.370. The molecular weight excluding hydrogens is 434 g/mol. The highest BCUT2D eigenvalue weighted by atomic mass is 35.5. The Morgan fingerprint density at radius 3 is 2.18 bits per heavy atom. The van der Waals surface area contributed by atoms with Gasteiger partial charge in [-0.25, -0.2) is 0 Å². The molecule has 0 aromatic heterocycles. The van der Waals surface area contributed by atoms with Gasteiger partial charge in [-0.05, 0) is 23.3 Å². The number of rotatable bonds is 12. The number of halogens is 1. The number of piperazine rings is 1. The van der Waals surface area contributed by atoms with Crippen LogP contribution in [0.5, 0.6) is 0 Å². The molecule has 0 N–H and O–H groups in total. The van der Waals surface area contributed by atoms with Gasteiger partial charge in [-0.2, -0.15) is 0 Å². The normalized spacial score (nSPS) is 15.7. The minimum absolute atomic E-state index is 0.0340. The van der Waals surface area contributed by atoms with Crippen LogP contribution >= 0.6 is 11.6 Å².